The Morgan fingerprint density at radius 2 is 1.77 bits per heavy atom. The first-order valence-corrected chi connectivity index (χ1v) is 15.6. The van der Waals surface area contributed by atoms with Crippen LogP contribution in [0.3, 0.4) is 0 Å². The van der Waals surface area contributed by atoms with Gasteiger partial charge in [0, 0.05) is 12.8 Å². The summed E-state index contributed by atoms with van der Waals surface area (Å²) in [7, 11) is 0. The van der Waals surface area contributed by atoms with Crippen LogP contribution in [0.25, 0.3) is 11.2 Å². The van der Waals surface area contributed by atoms with Gasteiger partial charge in [-0.25, -0.2) is 4.98 Å². The molecule has 12 heteroatoms. The van der Waals surface area contributed by atoms with Crippen LogP contribution in [0, 0.1) is 24.3 Å². The number of carbonyl (C=O) groups excluding carboxylic acids is 1. The molecule has 1 unspecified atom stereocenters. The molecule has 4 atom stereocenters. The highest BCUT2D eigenvalue weighted by atomic mass is 19.1. The highest BCUT2D eigenvalue weighted by Gasteiger charge is 2.49. The fourth-order valence-corrected chi connectivity index (χ4v) is 5.55. The third kappa shape index (κ3) is 9.86. The van der Waals surface area contributed by atoms with Gasteiger partial charge in [0.05, 0.1) is 12.2 Å². The number of hydrogen-bond acceptors (Lipinski definition) is 9. The van der Waals surface area contributed by atoms with Crippen LogP contribution >= 0.6 is 0 Å². The molecule has 4 N–H and O–H groups in total. The van der Waals surface area contributed by atoms with Gasteiger partial charge in [-0.15, -0.1) is 6.42 Å². The highest BCUT2D eigenvalue weighted by Crippen LogP contribution is 2.38. The molecule has 0 aromatic carbocycles. The number of aliphatic carboxylic acids is 1. The standard InChI is InChI=1S/C31H46FN5O6/c1-3-5-6-7-8-9-10-11-12-13-14-15-16-22(17-18-25(39)40)29(41)42-20-31(4-2)23(38)19-24(43-31)37-21-34-26-27(33)35-30(32)36-28(26)37/h2,21-24,38H,3,5-20H2,1H3,(H,39,40)(H2,33,35,36)/t22?,23-,24+,31+/m0/s1. The number of esters is 1. The Hall–Kier alpha value is -3.30. The molecular weight excluding hydrogens is 557 g/mol. The van der Waals surface area contributed by atoms with E-state index >= 15 is 0 Å². The van der Waals surface area contributed by atoms with E-state index in [1.165, 1.54) is 62.3 Å². The van der Waals surface area contributed by atoms with Gasteiger partial charge in [0.15, 0.2) is 22.6 Å². The van der Waals surface area contributed by atoms with Gasteiger partial charge in [-0.3, -0.25) is 14.2 Å². The van der Waals surface area contributed by atoms with E-state index in [9.17, 15) is 24.2 Å². The van der Waals surface area contributed by atoms with Crippen molar-refractivity contribution in [2.45, 2.75) is 128 Å². The van der Waals surface area contributed by atoms with Crippen molar-refractivity contribution < 1.29 is 33.7 Å². The maximum atomic E-state index is 13.8. The number of imidazole rings is 1. The average Bonchev–Trinajstić information content (AvgIpc) is 3.54. The summed E-state index contributed by atoms with van der Waals surface area (Å²) < 4.78 is 26.7. The van der Waals surface area contributed by atoms with Gasteiger partial charge in [-0.1, -0.05) is 89.9 Å². The summed E-state index contributed by atoms with van der Waals surface area (Å²) in [6, 6.07) is 0. The van der Waals surface area contributed by atoms with E-state index in [0.29, 0.717) is 6.42 Å². The van der Waals surface area contributed by atoms with E-state index in [2.05, 4.69) is 27.8 Å². The minimum Gasteiger partial charge on any atom is -0.481 e. The van der Waals surface area contributed by atoms with E-state index in [1.807, 2.05) is 0 Å². The zero-order chi connectivity index (χ0) is 31.2. The molecule has 0 bridgehead atoms. The molecule has 43 heavy (non-hydrogen) atoms. The van der Waals surface area contributed by atoms with Crippen molar-refractivity contribution in [1.82, 2.24) is 19.5 Å². The number of ether oxygens (including phenoxy) is 2. The first kappa shape index (κ1) is 34.2. The van der Waals surface area contributed by atoms with E-state index in [-0.39, 0.29) is 36.2 Å². The van der Waals surface area contributed by atoms with Gasteiger partial charge >= 0.3 is 18.0 Å². The summed E-state index contributed by atoms with van der Waals surface area (Å²) in [5.74, 6) is 0.107. The van der Waals surface area contributed by atoms with Gasteiger partial charge in [-0.05, 0) is 12.8 Å². The van der Waals surface area contributed by atoms with Crippen LogP contribution < -0.4 is 5.73 Å². The van der Waals surface area contributed by atoms with Crippen LogP contribution in [0.1, 0.15) is 116 Å². The molecule has 0 radical (unpaired) electrons. The maximum Gasteiger partial charge on any atom is 0.312 e. The lowest BCUT2D eigenvalue weighted by atomic mass is 9.95. The van der Waals surface area contributed by atoms with Gasteiger partial charge in [0.25, 0.3) is 0 Å². The number of hydrogen-bond donors (Lipinski definition) is 3. The van der Waals surface area contributed by atoms with E-state index < -0.39 is 48.5 Å². The predicted octanol–water partition coefficient (Wildman–Crippen LogP) is 5.31. The lowest BCUT2D eigenvalue weighted by Gasteiger charge is -2.27. The topological polar surface area (TPSA) is 163 Å². The van der Waals surface area contributed by atoms with Gasteiger partial charge < -0.3 is 25.4 Å². The van der Waals surface area contributed by atoms with Crippen molar-refractivity contribution >= 4 is 28.9 Å². The third-order valence-corrected chi connectivity index (χ3v) is 8.16. The summed E-state index contributed by atoms with van der Waals surface area (Å²) in [6.45, 7) is 1.79. The number of nitrogens with zero attached hydrogens (tertiary/aromatic N) is 4. The fraction of sp³-hybridized carbons (Fsp3) is 0.710. The number of rotatable bonds is 20. The molecule has 0 aliphatic carbocycles. The summed E-state index contributed by atoms with van der Waals surface area (Å²) in [5, 5.41) is 20.0. The zero-order valence-electron chi connectivity index (χ0n) is 25.2. The van der Waals surface area contributed by atoms with Crippen molar-refractivity contribution in [3.63, 3.8) is 0 Å². The third-order valence-electron chi connectivity index (χ3n) is 8.16. The number of nitrogen functional groups attached to an aromatic ring is 1. The monoisotopic (exact) mass is 603 g/mol. The van der Waals surface area contributed by atoms with Crippen molar-refractivity contribution in [2.75, 3.05) is 12.3 Å². The smallest absolute Gasteiger partial charge is 0.312 e. The summed E-state index contributed by atoms with van der Waals surface area (Å²) in [4.78, 5) is 35.6. The quantitative estimate of drug-likeness (QED) is 0.0782. The van der Waals surface area contributed by atoms with Gasteiger partial charge in [-0.2, -0.15) is 14.4 Å². The van der Waals surface area contributed by atoms with Crippen LogP contribution in [0.2, 0.25) is 0 Å². The molecule has 2 aromatic rings. The number of carbonyl (C=O) groups is 2. The highest BCUT2D eigenvalue weighted by molar-refractivity contribution is 5.81. The van der Waals surface area contributed by atoms with Crippen LogP contribution in [0.5, 0.6) is 0 Å². The number of aromatic nitrogens is 4. The molecule has 3 heterocycles. The van der Waals surface area contributed by atoms with Crippen molar-refractivity contribution in [3.8, 4) is 12.3 Å². The van der Waals surface area contributed by atoms with Crippen LogP contribution in [0.15, 0.2) is 6.33 Å². The Labute approximate surface area is 252 Å². The molecule has 1 saturated heterocycles. The van der Waals surface area contributed by atoms with Gasteiger partial charge in [0.2, 0.25) is 0 Å². The number of aliphatic hydroxyl groups is 1. The number of anilines is 1. The predicted molar refractivity (Wildman–Crippen MR) is 159 cm³/mol. The van der Waals surface area contributed by atoms with Crippen molar-refractivity contribution in [2.24, 2.45) is 5.92 Å². The molecule has 1 fully saturated rings. The number of nitrogens with two attached hydrogens (primary N) is 1. The average molecular weight is 604 g/mol. The molecule has 238 valence electrons. The summed E-state index contributed by atoms with van der Waals surface area (Å²) >= 11 is 0. The Morgan fingerprint density at radius 3 is 2.37 bits per heavy atom. The number of unbranched alkanes of at least 4 members (excludes halogenated alkanes) is 11. The number of aliphatic hydroxyl groups excluding tert-OH is 1. The Kier molecular flexibility index (Phi) is 13.6. The molecule has 0 amide bonds. The largest absolute Gasteiger partial charge is 0.481 e. The molecule has 0 spiro atoms. The lowest BCUT2D eigenvalue weighted by Crippen LogP contribution is -2.43. The summed E-state index contributed by atoms with van der Waals surface area (Å²) in [5.41, 5.74) is 4.31. The molecule has 0 saturated carbocycles. The van der Waals surface area contributed by atoms with Crippen LogP contribution in [-0.2, 0) is 19.1 Å². The zero-order valence-corrected chi connectivity index (χ0v) is 25.2. The Morgan fingerprint density at radius 1 is 1.14 bits per heavy atom. The number of halogens is 1. The number of terminal acetylenes is 1. The van der Waals surface area contributed by atoms with Crippen molar-refractivity contribution in [3.05, 3.63) is 12.4 Å². The number of fused-ring (bicyclic) bond motifs is 1. The van der Waals surface area contributed by atoms with Crippen molar-refractivity contribution in [1.29, 1.82) is 0 Å². The Balaban J connectivity index is 1.48. The first-order valence-electron chi connectivity index (χ1n) is 15.6. The molecule has 2 aromatic heterocycles. The normalized spacial score (nSPS) is 20.7. The fourth-order valence-electron chi connectivity index (χ4n) is 5.55. The number of carboxylic acid groups (broad SMARTS) is 1. The lowest BCUT2D eigenvalue weighted by molar-refractivity contribution is -0.161. The molecule has 11 nitrogen and oxygen atoms in total. The Bertz CT molecular complexity index is 1230. The SMILES string of the molecule is C#C[C@]1(COC(=O)C(CCCCCCCCCCCCCC)CCC(=O)O)O[C@@H](n2cnc3c(N)nc(F)nc32)C[C@@H]1O. The molecule has 1 aliphatic heterocycles. The minimum absolute atomic E-state index is 0.0000368. The van der Waals surface area contributed by atoms with Crippen LogP contribution in [-0.4, -0.2) is 60.0 Å². The summed E-state index contributed by atoms with van der Waals surface area (Å²) in [6.07, 6.45) is 18.7. The van der Waals surface area contributed by atoms with E-state index in [0.717, 1.165) is 25.7 Å². The van der Waals surface area contributed by atoms with E-state index in [1.54, 1.807) is 0 Å². The number of carboxylic acids is 1. The van der Waals surface area contributed by atoms with Crippen LogP contribution in [0.4, 0.5) is 10.2 Å². The molecular formula is C31H46FN5O6. The maximum absolute atomic E-state index is 13.8. The molecule has 1 aliphatic rings. The second kappa shape index (κ2) is 17.1. The minimum atomic E-state index is -1.67. The second-order valence-corrected chi connectivity index (χ2v) is 11.5. The molecule has 3 rings (SSSR count). The second-order valence-electron chi connectivity index (χ2n) is 11.5. The van der Waals surface area contributed by atoms with Gasteiger partial charge in [0.1, 0.15) is 18.9 Å². The first-order chi connectivity index (χ1) is 20.7. The van der Waals surface area contributed by atoms with E-state index in [4.69, 9.17) is 21.6 Å².